The number of Topliss-reactive ketones (excluding diaryl/α,β-unsaturated/α-hetero) is 1. The molecule has 1 saturated carbocycles. The highest BCUT2D eigenvalue weighted by molar-refractivity contribution is 6.00. The summed E-state index contributed by atoms with van der Waals surface area (Å²) in [7, 11) is 0. The summed E-state index contributed by atoms with van der Waals surface area (Å²) < 4.78 is 38.4. The van der Waals surface area contributed by atoms with Crippen molar-refractivity contribution in [2.45, 2.75) is 52.1 Å². The molecular weight excluding hydrogens is 277 g/mol. The van der Waals surface area contributed by atoms with Crippen molar-refractivity contribution in [1.82, 2.24) is 0 Å². The Morgan fingerprint density at radius 1 is 1.24 bits per heavy atom. The van der Waals surface area contributed by atoms with E-state index in [1.807, 2.05) is 0 Å². The monoisotopic (exact) mass is 298 g/mol. The molecule has 0 saturated heterocycles. The van der Waals surface area contributed by atoms with Crippen LogP contribution in [0.15, 0.2) is 24.3 Å². The van der Waals surface area contributed by atoms with Gasteiger partial charge in [0.1, 0.15) is 0 Å². The van der Waals surface area contributed by atoms with E-state index < -0.39 is 17.2 Å². The van der Waals surface area contributed by atoms with E-state index in [9.17, 15) is 18.0 Å². The first-order valence-corrected chi connectivity index (χ1v) is 7.47. The molecule has 1 aromatic rings. The van der Waals surface area contributed by atoms with E-state index in [-0.39, 0.29) is 11.3 Å². The van der Waals surface area contributed by atoms with Crippen molar-refractivity contribution in [3.8, 4) is 0 Å². The van der Waals surface area contributed by atoms with Crippen molar-refractivity contribution in [1.29, 1.82) is 0 Å². The molecule has 2 rings (SSSR count). The van der Waals surface area contributed by atoms with Crippen LogP contribution < -0.4 is 0 Å². The maximum atomic E-state index is 12.8. The first-order chi connectivity index (χ1) is 9.74. The maximum Gasteiger partial charge on any atom is 0.416 e. The van der Waals surface area contributed by atoms with Crippen molar-refractivity contribution in [3.05, 3.63) is 35.4 Å². The van der Waals surface area contributed by atoms with Gasteiger partial charge in [-0.2, -0.15) is 13.2 Å². The van der Waals surface area contributed by atoms with Gasteiger partial charge < -0.3 is 0 Å². The van der Waals surface area contributed by atoms with E-state index in [2.05, 4.69) is 13.8 Å². The molecule has 0 spiro atoms. The fraction of sp³-hybridized carbons (Fsp3) is 0.588. The van der Waals surface area contributed by atoms with Crippen LogP contribution in [0.25, 0.3) is 0 Å². The number of carbonyl (C=O) groups excluding carboxylic acids is 1. The van der Waals surface area contributed by atoms with Crippen LogP contribution in [0.1, 0.15) is 61.9 Å². The van der Waals surface area contributed by atoms with Crippen LogP contribution >= 0.6 is 0 Å². The minimum atomic E-state index is -4.41. The molecule has 0 aromatic heterocycles. The van der Waals surface area contributed by atoms with Crippen molar-refractivity contribution in [3.63, 3.8) is 0 Å². The summed E-state index contributed by atoms with van der Waals surface area (Å²) in [5.41, 5.74) is -1.00. The van der Waals surface area contributed by atoms with Crippen molar-refractivity contribution >= 4 is 5.78 Å². The number of alkyl halides is 3. The zero-order valence-corrected chi connectivity index (χ0v) is 12.5. The van der Waals surface area contributed by atoms with E-state index in [4.69, 9.17) is 0 Å². The second-order valence-electron chi connectivity index (χ2n) is 6.49. The van der Waals surface area contributed by atoms with Gasteiger partial charge in [-0.1, -0.05) is 38.8 Å². The topological polar surface area (TPSA) is 17.1 Å². The average molecular weight is 298 g/mol. The Bertz CT molecular complexity index is 511. The molecule has 0 bridgehead atoms. The molecule has 0 radical (unpaired) electrons. The molecule has 0 aliphatic heterocycles. The molecule has 0 unspecified atom stereocenters. The molecule has 1 aromatic carbocycles. The Labute approximate surface area is 123 Å². The van der Waals surface area contributed by atoms with E-state index in [0.717, 1.165) is 44.2 Å². The summed E-state index contributed by atoms with van der Waals surface area (Å²) in [6.07, 6.45) is -0.103. The third kappa shape index (κ3) is 3.47. The summed E-state index contributed by atoms with van der Waals surface area (Å²) in [5, 5.41) is 0. The van der Waals surface area contributed by atoms with E-state index in [1.165, 1.54) is 12.1 Å². The molecule has 0 amide bonds. The standard InChI is InChI=1S/C17H21F3O/c1-12(2)11-16(8-3-4-9-16)15(21)13-6-5-7-14(10-13)17(18,19)20/h5-7,10,12H,3-4,8-9,11H2,1-2H3. The summed E-state index contributed by atoms with van der Waals surface area (Å²) in [6, 6.07) is 4.86. The molecule has 4 heteroatoms. The van der Waals surface area contributed by atoms with Crippen LogP contribution in [0.4, 0.5) is 13.2 Å². The van der Waals surface area contributed by atoms with Gasteiger partial charge in [0.25, 0.3) is 0 Å². The van der Waals surface area contributed by atoms with Crippen molar-refractivity contribution < 1.29 is 18.0 Å². The smallest absolute Gasteiger partial charge is 0.294 e. The summed E-state index contributed by atoms with van der Waals surface area (Å²) in [4.78, 5) is 12.8. The minimum absolute atomic E-state index is 0.111. The molecule has 21 heavy (non-hydrogen) atoms. The Morgan fingerprint density at radius 3 is 2.38 bits per heavy atom. The highest BCUT2D eigenvalue weighted by Gasteiger charge is 2.42. The highest BCUT2D eigenvalue weighted by Crippen LogP contribution is 2.46. The molecular formula is C17H21F3O. The molecule has 1 fully saturated rings. The first-order valence-electron chi connectivity index (χ1n) is 7.47. The van der Waals surface area contributed by atoms with Crippen LogP contribution in [0, 0.1) is 11.3 Å². The van der Waals surface area contributed by atoms with Gasteiger partial charge in [0, 0.05) is 11.0 Å². The Balaban J connectivity index is 2.34. The van der Waals surface area contributed by atoms with Gasteiger partial charge in [-0.3, -0.25) is 4.79 Å². The molecule has 0 heterocycles. The first kappa shape index (κ1) is 16.1. The van der Waals surface area contributed by atoms with Crippen molar-refractivity contribution in [2.75, 3.05) is 0 Å². The number of benzene rings is 1. The van der Waals surface area contributed by atoms with Gasteiger partial charge in [0.2, 0.25) is 0 Å². The number of carbonyl (C=O) groups is 1. The van der Waals surface area contributed by atoms with E-state index in [1.54, 1.807) is 0 Å². The van der Waals surface area contributed by atoms with Crippen LogP contribution in [0.2, 0.25) is 0 Å². The van der Waals surface area contributed by atoms with Gasteiger partial charge in [-0.25, -0.2) is 0 Å². The number of halogens is 3. The second-order valence-corrected chi connectivity index (χ2v) is 6.49. The van der Waals surface area contributed by atoms with Crippen LogP contribution in [0.3, 0.4) is 0 Å². The number of ketones is 1. The highest BCUT2D eigenvalue weighted by atomic mass is 19.4. The minimum Gasteiger partial charge on any atom is -0.294 e. The summed E-state index contributed by atoms with van der Waals surface area (Å²) in [6.45, 7) is 4.11. The van der Waals surface area contributed by atoms with Gasteiger partial charge in [0.05, 0.1) is 5.56 Å². The van der Waals surface area contributed by atoms with Crippen molar-refractivity contribution in [2.24, 2.45) is 11.3 Å². The van der Waals surface area contributed by atoms with Gasteiger partial charge >= 0.3 is 6.18 Å². The van der Waals surface area contributed by atoms with Crippen LogP contribution in [-0.2, 0) is 6.18 Å². The SMILES string of the molecule is CC(C)CC1(C(=O)c2cccc(C(F)(F)F)c2)CCCC1. The van der Waals surface area contributed by atoms with Gasteiger partial charge in [0.15, 0.2) is 5.78 Å². The molecule has 1 aliphatic carbocycles. The maximum absolute atomic E-state index is 12.8. The van der Waals surface area contributed by atoms with E-state index in [0.29, 0.717) is 5.92 Å². The third-order valence-corrected chi connectivity index (χ3v) is 4.29. The Morgan fingerprint density at radius 2 is 1.86 bits per heavy atom. The fourth-order valence-electron chi connectivity index (χ4n) is 3.50. The molecule has 0 N–H and O–H groups in total. The lowest BCUT2D eigenvalue weighted by Crippen LogP contribution is -2.30. The molecule has 1 aliphatic rings. The quantitative estimate of drug-likeness (QED) is 0.671. The molecule has 116 valence electrons. The predicted molar refractivity (Wildman–Crippen MR) is 76.1 cm³/mol. The van der Waals surface area contributed by atoms with Crippen LogP contribution in [-0.4, -0.2) is 5.78 Å². The lowest BCUT2D eigenvalue weighted by molar-refractivity contribution is -0.137. The fourth-order valence-corrected chi connectivity index (χ4v) is 3.50. The normalized spacial score (nSPS) is 18.2. The molecule has 0 atom stereocenters. The van der Waals surface area contributed by atoms with E-state index >= 15 is 0 Å². The van der Waals surface area contributed by atoms with Gasteiger partial charge in [-0.15, -0.1) is 0 Å². The Hall–Kier alpha value is -1.32. The summed E-state index contributed by atoms with van der Waals surface area (Å²) in [5.74, 6) is 0.248. The number of hydrogen-bond donors (Lipinski definition) is 0. The second kappa shape index (κ2) is 5.82. The third-order valence-electron chi connectivity index (χ3n) is 4.29. The largest absolute Gasteiger partial charge is 0.416 e. The molecule has 1 nitrogen and oxygen atoms in total. The number of hydrogen-bond acceptors (Lipinski definition) is 1. The lowest BCUT2D eigenvalue weighted by atomic mass is 9.73. The predicted octanol–water partition coefficient (Wildman–Crippen LogP) is 5.49. The number of rotatable bonds is 4. The van der Waals surface area contributed by atoms with Crippen LogP contribution in [0.5, 0.6) is 0 Å². The van der Waals surface area contributed by atoms with Gasteiger partial charge in [-0.05, 0) is 37.3 Å². The Kier molecular flexibility index (Phi) is 4.45. The zero-order valence-electron chi connectivity index (χ0n) is 12.5. The zero-order chi connectivity index (χ0) is 15.7. The summed E-state index contributed by atoms with van der Waals surface area (Å²) >= 11 is 0. The average Bonchev–Trinajstić information content (AvgIpc) is 2.86. The lowest BCUT2D eigenvalue weighted by Gasteiger charge is -2.29.